The number of benzene rings is 1. The largest absolute Gasteiger partial charge is 0.384 e. The second-order valence-corrected chi connectivity index (χ2v) is 4.13. The summed E-state index contributed by atoms with van der Waals surface area (Å²) in [6.07, 6.45) is 3.62. The molecule has 0 radical (unpaired) electrons. The van der Waals surface area contributed by atoms with Crippen molar-refractivity contribution in [3.8, 4) is 0 Å². The van der Waals surface area contributed by atoms with Crippen LogP contribution in [0.15, 0.2) is 18.2 Å². The Bertz CT molecular complexity index is 320. The van der Waals surface area contributed by atoms with Gasteiger partial charge in [0.2, 0.25) is 0 Å². The molecule has 0 aromatic heterocycles. The van der Waals surface area contributed by atoms with Gasteiger partial charge in [0.05, 0.1) is 0 Å². The summed E-state index contributed by atoms with van der Waals surface area (Å²) in [6.45, 7) is 5.47. The van der Waals surface area contributed by atoms with Crippen LogP contribution >= 0.6 is 0 Å². The molecular weight excluding hydrogens is 184 g/mol. The maximum Gasteiger partial charge on any atom is 0.0373 e. The molecule has 1 aromatic rings. The molecule has 2 heteroatoms. The van der Waals surface area contributed by atoms with Crippen molar-refractivity contribution in [2.45, 2.75) is 26.2 Å². The normalized spacial score (nSPS) is 13.7. The Hall–Kier alpha value is -1.02. The van der Waals surface area contributed by atoms with Crippen LogP contribution in [0.1, 0.15) is 24.5 Å². The highest BCUT2D eigenvalue weighted by atomic mass is 14.9. The number of fused-ring (bicyclic) bond motifs is 1. The molecule has 1 aliphatic heterocycles. The molecule has 2 rings (SSSR count). The van der Waals surface area contributed by atoms with E-state index in [2.05, 4.69) is 35.8 Å². The number of hydrogen-bond donors (Lipinski definition) is 2. The smallest absolute Gasteiger partial charge is 0.0373 e. The fourth-order valence-corrected chi connectivity index (χ4v) is 2.11. The third kappa shape index (κ3) is 2.72. The second kappa shape index (κ2) is 5.17. The second-order valence-electron chi connectivity index (χ2n) is 4.13. The van der Waals surface area contributed by atoms with Crippen LogP contribution in [0.25, 0.3) is 0 Å². The summed E-state index contributed by atoms with van der Waals surface area (Å²) in [5.41, 5.74) is 4.32. The van der Waals surface area contributed by atoms with Gasteiger partial charge in [0.15, 0.2) is 0 Å². The molecule has 0 amide bonds. The fourth-order valence-electron chi connectivity index (χ4n) is 2.11. The van der Waals surface area contributed by atoms with Crippen LogP contribution in [0.4, 0.5) is 5.69 Å². The SMILES string of the molecule is CCNCCCc1ccc2c(c1)CCN2. The van der Waals surface area contributed by atoms with Crippen LogP contribution in [0, 0.1) is 0 Å². The predicted molar refractivity (Wildman–Crippen MR) is 65.5 cm³/mol. The topological polar surface area (TPSA) is 24.1 Å². The van der Waals surface area contributed by atoms with Gasteiger partial charge in [0.1, 0.15) is 0 Å². The highest BCUT2D eigenvalue weighted by molar-refractivity contribution is 5.56. The van der Waals surface area contributed by atoms with Gasteiger partial charge in [-0.2, -0.15) is 0 Å². The van der Waals surface area contributed by atoms with Crippen molar-refractivity contribution in [2.75, 3.05) is 25.0 Å². The number of hydrogen-bond acceptors (Lipinski definition) is 2. The lowest BCUT2D eigenvalue weighted by Crippen LogP contribution is -2.14. The lowest BCUT2D eigenvalue weighted by molar-refractivity contribution is 0.672. The van der Waals surface area contributed by atoms with Gasteiger partial charge in [-0.25, -0.2) is 0 Å². The first-order chi connectivity index (χ1) is 7.40. The maximum atomic E-state index is 3.39. The molecule has 0 atom stereocenters. The molecule has 1 aliphatic rings. The molecule has 2 nitrogen and oxygen atoms in total. The summed E-state index contributed by atoms with van der Waals surface area (Å²) in [4.78, 5) is 0. The van der Waals surface area contributed by atoms with Gasteiger partial charge < -0.3 is 10.6 Å². The highest BCUT2D eigenvalue weighted by Gasteiger charge is 2.09. The molecule has 0 saturated heterocycles. The quantitative estimate of drug-likeness (QED) is 0.718. The molecule has 0 spiro atoms. The van der Waals surface area contributed by atoms with Crippen molar-refractivity contribution < 1.29 is 0 Å². The van der Waals surface area contributed by atoms with E-state index in [4.69, 9.17) is 0 Å². The van der Waals surface area contributed by atoms with Gasteiger partial charge >= 0.3 is 0 Å². The van der Waals surface area contributed by atoms with Crippen LogP contribution in [-0.2, 0) is 12.8 Å². The number of rotatable bonds is 5. The molecule has 0 unspecified atom stereocenters. The van der Waals surface area contributed by atoms with Crippen molar-refractivity contribution in [3.05, 3.63) is 29.3 Å². The van der Waals surface area contributed by atoms with Crippen LogP contribution < -0.4 is 10.6 Å². The van der Waals surface area contributed by atoms with E-state index in [1.165, 1.54) is 36.1 Å². The Kier molecular flexibility index (Phi) is 3.62. The van der Waals surface area contributed by atoms with Gasteiger partial charge in [0, 0.05) is 12.2 Å². The Labute approximate surface area is 92.1 Å². The molecule has 82 valence electrons. The Balaban J connectivity index is 1.87. The van der Waals surface area contributed by atoms with Crippen molar-refractivity contribution in [2.24, 2.45) is 0 Å². The molecule has 0 fully saturated rings. The molecule has 0 saturated carbocycles. The van der Waals surface area contributed by atoms with Crippen LogP contribution in [0.5, 0.6) is 0 Å². The molecular formula is C13H20N2. The third-order valence-electron chi connectivity index (χ3n) is 2.95. The lowest BCUT2D eigenvalue weighted by Gasteiger charge is -2.05. The number of aryl methyl sites for hydroxylation is 1. The van der Waals surface area contributed by atoms with E-state index in [-0.39, 0.29) is 0 Å². The van der Waals surface area contributed by atoms with E-state index >= 15 is 0 Å². The van der Waals surface area contributed by atoms with Crippen LogP contribution in [0.3, 0.4) is 0 Å². The summed E-state index contributed by atoms with van der Waals surface area (Å²) in [5, 5.41) is 6.75. The zero-order chi connectivity index (χ0) is 10.5. The van der Waals surface area contributed by atoms with Crippen LogP contribution in [0.2, 0.25) is 0 Å². The third-order valence-corrected chi connectivity index (χ3v) is 2.95. The van der Waals surface area contributed by atoms with E-state index in [1.807, 2.05) is 0 Å². The minimum atomic E-state index is 1.08. The number of anilines is 1. The Morgan fingerprint density at radius 3 is 3.20 bits per heavy atom. The first kappa shape index (κ1) is 10.5. The van der Waals surface area contributed by atoms with E-state index in [9.17, 15) is 0 Å². The molecule has 0 bridgehead atoms. The van der Waals surface area contributed by atoms with Gasteiger partial charge in [0.25, 0.3) is 0 Å². The summed E-state index contributed by atoms with van der Waals surface area (Å²) in [6, 6.07) is 6.84. The highest BCUT2D eigenvalue weighted by Crippen LogP contribution is 2.23. The van der Waals surface area contributed by atoms with Crippen molar-refractivity contribution >= 4 is 5.69 Å². The summed E-state index contributed by atoms with van der Waals surface area (Å²) in [5.74, 6) is 0. The Morgan fingerprint density at radius 1 is 1.40 bits per heavy atom. The van der Waals surface area contributed by atoms with Crippen LogP contribution in [-0.4, -0.2) is 19.6 Å². The van der Waals surface area contributed by atoms with Gasteiger partial charge in [-0.05, 0) is 49.5 Å². The lowest BCUT2D eigenvalue weighted by atomic mass is 10.0. The maximum absolute atomic E-state index is 3.39. The van der Waals surface area contributed by atoms with E-state index in [0.717, 1.165) is 19.6 Å². The molecule has 0 aliphatic carbocycles. The van der Waals surface area contributed by atoms with E-state index < -0.39 is 0 Å². The zero-order valence-corrected chi connectivity index (χ0v) is 9.47. The molecule has 15 heavy (non-hydrogen) atoms. The molecule has 1 aromatic carbocycles. The van der Waals surface area contributed by atoms with Gasteiger partial charge in [-0.3, -0.25) is 0 Å². The van der Waals surface area contributed by atoms with E-state index in [1.54, 1.807) is 0 Å². The summed E-state index contributed by atoms with van der Waals surface area (Å²) < 4.78 is 0. The average molecular weight is 204 g/mol. The van der Waals surface area contributed by atoms with E-state index in [0.29, 0.717) is 0 Å². The molecule has 2 N–H and O–H groups in total. The Morgan fingerprint density at radius 2 is 2.33 bits per heavy atom. The fraction of sp³-hybridized carbons (Fsp3) is 0.538. The summed E-state index contributed by atoms with van der Waals surface area (Å²) in [7, 11) is 0. The minimum Gasteiger partial charge on any atom is -0.384 e. The van der Waals surface area contributed by atoms with Gasteiger partial charge in [-0.15, -0.1) is 0 Å². The minimum absolute atomic E-state index is 1.08. The first-order valence-corrected chi connectivity index (χ1v) is 5.96. The van der Waals surface area contributed by atoms with Crippen molar-refractivity contribution in [1.82, 2.24) is 5.32 Å². The average Bonchev–Trinajstić information content (AvgIpc) is 2.71. The zero-order valence-electron chi connectivity index (χ0n) is 9.47. The van der Waals surface area contributed by atoms with Gasteiger partial charge in [-0.1, -0.05) is 19.1 Å². The van der Waals surface area contributed by atoms with Crippen molar-refractivity contribution in [3.63, 3.8) is 0 Å². The summed E-state index contributed by atoms with van der Waals surface area (Å²) >= 11 is 0. The first-order valence-electron chi connectivity index (χ1n) is 5.96. The van der Waals surface area contributed by atoms with Crippen molar-refractivity contribution in [1.29, 1.82) is 0 Å². The molecule has 1 heterocycles. The number of nitrogens with one attached hydrogen (secondary N) is 2. The standard InChI is InChI=1S/C13H20N2/c1-2-14-8-3-4-11-5-6-13-12(10-11)7-9-15-13/h5-6,10,14-15H,2-4,7-9H2,1H3. The predicted octanol–water partition coefficient (Wildman–Crippen LogP) is 2.20. The monoisotopic (exact) mass is 204 g/mol.